The van der Waals surface area contributed by atoms with Crippen LogP contribution in [0.15, 0.2) is 24.3 Å². The smallest absolute Gasteiger partial charge is 0.215 e. The van der Waals surface area contributed by atoms with Crippen molar-refractivity contribution in [2.45, 2.75) is 12.2 Å². The summed E-state index contributed by atoms with van der Waals surface area (Å²) in [6.07, 6.45) is 2.82. The van der Waals surface area contributed by atoms with Crippen molar-refractivity contribution in [1.29, 1.82) is 5.26 Å². The van der Waals surface area contributed by atoms with Gasteiger partial charge in [0.1, 0.15) is 0 Å². The van der Waals surface area contributed by atoms with Gasteiger partial charge in [0, 0.05) is 6.54 Å². The van der Waals surface area contributed by atoms with Crippen LogP contribution < -0.4 is 4.72 Å². The quantitative estimate of drug-likeness (QED) is 0.774. The van der Waals surface area contributed by atoms with Crippen molar-refractivity contribution in [2.75, 3.05) is 18.6 Å². The van der Waals surface area contributed by atoms with Crippen molar-refractivity contribution in [2.24, 2.45) is 0 Å². The summed E-state index contributed by atoms with van der Waals surface area (Å²) in [6.45, 7) is 0.472. The van der Waals surface area contributed by atoms with Gasteiger partial charge in [-0.1, -0.05) is 12.1 Å². The molecule has 0 amide bonds. The third-order valence-corrected chi connectivity index (χ3v) is 4.34. The van der Waals surface area contributed by atoms with Crippen LogP contribution in [0, 0.1) is 11.3 Å². The Morgan fingerprint density at radius 2 is 2.00 bits per heavy atom. The SMILES string of the molecule is CSCCCNS(=O)(=O)Cc1ccc(C#N)cc1. The van der Waals surface area contributed by atoms with Crippen LogP contribution in [0.25, 0.3) is 0 Å². The number of rotatable bonds is 7. The van der Waals surface area contributed by atoms with Crippen molar-refractivity contribution in [3.63, 3.8) is 0 Å². The molecule has 0 heterocycles. The second kappa shape index (κ2) is 7.41. The van der Waals surface area contributed by atoms with E-state index in [9.17, 15) is 8.42 Å². The third-order valence-electron chi connectivity index (χ3n) is 2.29. The fourth-order valence-electron chi connectivity index (χ4n) is 1.39. The van der Waals surface area contributed by atoms with E-state index in [4.69, 9.17) is 5.26 Å². The average Bonchev–Trinajstić information content (AvgIpc) is 2.35. The molecule has 6 heteroatoms. The predicted octanol–water partition coefficient (Wildman–Crippen LogP) is 1.73. The van der Waals surface area contributed by atoms with E-state index in [1.165, 1.54) is 0 Å². The van der Waals surface area contributed by atoms with E-state index in [1.807, 2.05) is 12.3 Å². The molecule has 0 bridgehead atoms. The zero-order valence-corrected chi connectivity index (χ0v) is 11.9. The lowest BCUT2D eigenvalue weighted by atomic mass is 10.2. The summed E-state index contributed by atoms with van der Waals surface area (Å²) in [7, 11) is -3.28. The molecule has 0 atom stereocenters. The van der Waals surface area contributed by atoms with E-state index in [1.54, 1.807) is 36.0 Å². The van der Waals surface area contributed by atoms with Gasteiger partial charge in [-0.25, -0.2) is 13.1 Å². The van der Waals surface area contributed by atoms with Gasteiger partial charge in [0.2, 0.25) is 10.0 Å². The molecule has 0 radical (unpaired) electrons. The highest BCUT2D eigenvalue weighted by atomic mass is 32.2. The maximum Gasteiger partial charge on any atom is 0.215 e. The number of hydrogen-bond acceptors (Lipinski definition) is 4. The molecule has 0 aliphatic rings. The minimum atomic E-state index is -3.28. The summed E-state index contributed by atoms with van der Waals surface area (Å²) in [5.41, 5.74) is 1.22. The molecule has 0 aromatic heterocycles. The molecule has 98 valence electrons. The van der Waals surface area contributed by atoms with Crippen molar-refractivity contribution in [3.05, 3.63) is 35.4 Å². The highest BCUT2D eigenvalue weighted by Crippen LogP contribution is 2.07. The predicted molar refractivity (Wildman–Crippen MR) is 74.8 cm³/mol. The monoisotopic (exact) mass is 284 g/mol. The Bertz CT molecular complexity index is 504. The van der Waals surface area contributed by atoms with Gasteiger partial charge < -0.3 is 0 Å². The van der Waals surface area contributed by atoms with Crippen molar-refractivity contribution >= 4 is 21.8 Å². The maximum atomic E-state index is 11.7. The summed E-state index contributed by atoms with van der Waals surface area (Å²) in [5.74, 6) is 0.900. The van der Waals surface area contributed by atoms with E-state index >= 15 is 0 Å². The number of nitrogens with zero attached hydrogens (tertiary/aromatic N) is 1. The lowest BCUT2D eigenvalue weighted by molar-refractivity contribution is 0.580. The van der Waals surface area contributed by atoms with E-state index in [-0.39, 0.29) is 5.75 Å². The van der Waals surface area contributed by atoms with E-state index in [0.29, 0.717) is 17.7 Å². The number of hydrogen-bond donors (Lipinski definition) is 1. The van der Waals surface area contributed by atoms with Gasteiger partial charge in [-0.2, -0.15) is 17.0 Å². The van der Waals surface area contributed by atoms with Crippen LogP contribution in [0.4, 0.5) is 0 Å². The first-order valence-electron chi connectivity index (χ1n) is 5.53. The first-order valence-corrected chi connectivity index (χ1v) is 8.57. The molecule has 1 aromatic rings. The van der Waals surface area contributed by atoms with Crippen LogP contribution in [0.2, 0.25) is 0 Å². The zero-order valence-electron chi connectivity index (χ0n) is 10.2. The van der Waals surface area contributed by atoms with Crippen molar-refractivity contribution < 1.29 is 8.42 Å². The fraction of sp³-hybridized carbons (Fsp3) is 0.417. The summed E-state index contributed by atoms with van der Waals surface area (Å²) >= 11 is 1.69. The average molecular weight is 284 g/mol. The van der Waals surface area contributed by atoms with Crippen LogP contribution in [-0.2, 0) is 15.8 Å². The number of sulfonamides is 1. The van der Waals surface area contributed by atoms with Gasteiger partial charge in [0.15, 0.2) is 0 Å². The highest BCUT2D eigenvalue weighted by Gasteiger charge is 2.10. The van der Waals surface area contributed by atoms with Crippen LogP contribution in [-0.4, -0.2) is 27.0 Å². The van der Waals surface area contributed by atoms with Crippen LogP contribution in [0.5, 0.6) is 0 Å². The van der Waals surface area contributed by atoms with Gasteiger partial charge in [-0.3, -0.25) is 0 Å². The van der Waals surface area contributed by atoms with Gasteiger partial charge in [-0.05, 0) is 36.1 Å². The Kier molecular flexibility index (Phi) is 6.19. The molecular formula is C12H16N2O2S2. The normalized spacial score (nSPS) is 11.1. The van der Waals surface area contributed by atoms with E-state index in [2.05, 4.69) is 4.72 Å². The molecule has 0 saturated carbocycles. The minimum absolute atomic E-state index is 0.0437. The molecule has 18 heavy (non-hydrogen) atoms. The zero-order chi connectivity index (χ0) is 13.4. The number of benzene rings is 1. The summed E-state index contributed by atoms with van der Waals surface area (Å²) < 4.78 is 26.0. The Balaban J connectivity index is 2.51. The first-order chi connectivity index (χ1) is 8.57. The molecule has 0 fully saturated rings. The van der Waals surface area contributed by atoms with Gasteiger partial charge in [-0.15, -0.1) is 0 Å². The lowest BCUT2D eigenvalue weighted by Crippen LogP contribution is -2.26. The van der Waals surface area contributed by atoms with E-state index in [0.717, 1.165) is 12.2 Å². The summed E-state index contributed by atoms with van der Waals surface area (Å²) in [6, 6.07) is 8.58. The highest BCUT2D eigenvalue weighted by molar-refractivity contribution is 7.98. The second-order valence-corrected chi connectivity index (χ2v) is 6.60. The molecule has 0 saturated heterocycles. The molecule has 0 spiro atoms. The summed E-state index contributed by atoms with van der Waals surface area (Å²) in [4.78, 5) is 0. The standard InChI is InChI=1S/C12H16N2O2S2/c1-17-8-2-7-14-18(15,16)10-12-5-3-11(9-13)4-6-12/h3-6,14H,2,7-8,10H2,1H3. The van der Waals surface area contributed by atoms with Crippen molar-refractivity contribution in [3.8, 4) is 6.07 Å². The number of thioether (sulfide) groups is 1. The first kappa shape index (κ1) is 15.0. The lowest BCUT2D eigenvalue weighted by Gasteiger charge is -2.06. The maximum absolute atomic E-state index is 11.7. The Morgan fingerprint density at radius 1 is 1.33 bits per heavy atom. The van der Waals surface area contributed by atoms with Gasteiger partial charge >= 0.3 is 0 Å². The molecule has 1 aromatic carbocycles. The van der Waals surface area contributed by atoms with Crippen LogP contribution in [0.1, 0.15) is 17.5 Å². The minimum Gasteiger partial charge on any atom is -0.215 e. The molecule has 1 N–H and O–H groups in total. The Labute approximate surface area is 112 Å². The van der Waals surface area contributed by atoms with Crippen LogP contribution in [0.3, 0.4) is 0 Å². The molecule has 0 aliphatic carbocycles. The Morgan fingerprint density at radius 3 is 2.56 bits per heavy atom. The molecule has 1 rings (SSSR count). The van der Waals surface area contributed by atoms with Gasteiger partial charge in [0.05, 0.1) is 17.4 Å². The second-order valence-electron chi connectivity index (χ2n) is 3.81. The molecule has 0 aliphatic heterocycles. The topological polar surface area (TPSA) is 70.0 Å². The van der Waals surface area contributed by atoms with Crippen molar-refractivity contribution in [1.82, 2.24) is 4.72 Å². The number of nitrogens with one attached hydrogen (secondary N) is 1. The molecule has 0 unspecified atom stereocenters. The third kappa shape index (κ3) is 5.54. The largest absolute Gasteiger partial charge is 0.215 e. The van der Waals surface area contributed by atoms with Crippen LogP contribution >= 0.6 is 11.8 Å². The van der Waals surface area contributed by atoms with E-state index < -0.39 is 10.0 Å². The number of nitriles is 1. The van der Waals surface area contributed by atoms with Gasteiger partial charge in [0.25, 0.3) is 0 Å². The Hall–Kier alpha value is -1.03. The molecular weight excluding hydrogens is 268 g/mol. The fourth-order valence-corrected chi connectivity index (χ4v) is 3.01. The summed E-state index contributed by atoms with van der Waals surface area (Å²) in [5, 5.41) is 8.65. The molecule has 4 nitrogen and oxygen atoms in total.